The maximum atomic E-state index is 6.26. The number of halogens is 1. The lowest BCUT2D eigenvalue weighted by Gasteiger charge is -2.27. The highest BCUT2D eigenvalue weighted by atomic mass is 35.5. The predicted octanol–water partition coefficient (Wildman–Crippen LogP) is 3.68. The van der Waals surface area contributed by atoms with Crippen molar-refractivity contribution in [3.63, 3.8) is 0 Å². The summed E-state index contributed by atoms with van der Waals surface area (Å²) < 4.78 is 5.49. The van der Waals surface area contributed by atoms with Crippen LogP contribution in [0.25, 0.3) is 0 Å². The van der Waals surface area contributed by atoms with Crippen LogP contribution in [0.15, 0.2) is 36.4 Å². The van der Waals surface area contributed by atoms with Gasteiger partial charge in [-0.15, -0.1) is 0 Å². The fourth-order valence-corrected chi connectivity index (χ4v) is 3.27. The number of benzene rings is 2. The van der Waals surface area contributed by atoms with Gasteiger partial charge < -0.3 is 15.4 Å². The van der Waals surface area contributed by atoms with E-state index in [1.165, 1.54) is 11.1 Å². The van der Waals surface area contributed by atoms with Crippen LogP contribution in [0.1, 0.15) is 22.7 Å². The molecule has 0 bridgehead atoms. The third-order valence-corrected chi connectivity index (χ3v) is 4.66. The van der Waals surface area contributed by atoms with Crippen molar-refractivity contribution in [1.82, 2.24) is 0 Å². The van der Waals surface area contributed by atoms with Gasteiger partial charge in [0.2, 0.25) is 0 Å². The van der Waals surface area contributed by atoms with Gasteiger partial charge in [-0.25, -0.2) is 0 Å². The van der Waals surface area contributed by atoms with E-state index in [1.54, 1.807) is 7.11 Å². The molecule has 0 spiro atoms. The first-order valence-corrected chi connectivity index (χ1v) is 7.42. The lowest BCUT2D eigenvalue weighted by molar-refractivity contribution is 0.413. The third kappa shape index (κ3) is 2.27. The highest BCUT2D eigenvalue weighted by molar-refractivity contribution is 6.31. The zero-order chi connectivity index (χ0) is 15.0. The predicted molar refractivity (Wildman–Crippen MR) is 87.2 cm³/mol. The van der Waals surface area contributed by atoms with E-state index in [0.29, 0.717) is 6.54 Å². The Morgan fingerprint density at radius 2 is 2.05 bits per heavy atom. The van der Waals surface area contributed by atoms with Crippen molar-refractivity contribution in [3.8, 4) is 5.75 Å². The fraction of sp³-hybridized carbons (Fsp3) is 0.294. The summed E-state index contributed by atoms with van der Waals surface area (Å²) in [4.78, 5) is 2.30. The van der Waals surface area contributed by atoms with E-state index in [2.05, 4.69) is 24.0 Å². The maximum absolute atomic E-state index is 6.26. The van der Waals surface area contributed by atoms with Crippen LogP contribution < -0.4 is 15.4 Å². The average Bonchev–Trinajstić information content (AvgIpc) is 2.90. The van der Waals surface area contributed by atoms with Crippen molar-refractivity contribution in [3.05, 3.63) is 58.1 Å². The van der Waals surface area contributed by atoms with E-state index in [1.807, 2.05) is 24.3 Å². The Bertz CT molecular complexity index is 672. The topological polar surface area (TPSA) is 38.5 Å². The zero-order valence-electron chi connectivity index (χ0n) is 12.3. The molecule has 0 amide bonds. The van der Waals surface area contributed by atoms with Crippen LogP contribution in [0.5, 0.6) is 5.75 Å². The molecule has 4 heteroatoms. The van der Waals surface area contributed by atoms with Crippen LogP contribution in [0.4, 0.5) is 5.69 Å². The van der Waals surface area contributed by atoms with Gasteiger partial charge in [-0.1, -0.05) is 29.8 Å². The van der Waals surface area contributed by atoms with Crippen LogP contribution in [-0.2, 0) is 6.54 Å². The number of ether oxygens (including phenoxy) is 1. The monoisotopic (exact) mass is 302 g/mol. The smallest absolute Gasteiger partial charge is 0.142 e. The fourth-order valence-electron chi connectivity index (χ4n) is 3.09. The number of anilines is 1. The van der Waals surface area contributed by atoms with E-state index in [-0.39, 0.29) is 6.04 Å². The minimum Gasteiger partial charge on any atom is -0.495 e. The summed E-state index contributed by atoms with van der Waals surface area (Å²) in [5.74, 6) is 0.868. The first-order valence-electron chi connectivity index (χ1n) is 7.05. The molecule has 3 nitrogen and oxygen atoms in total. The van der Waals surface area contributed by atoms with E-state index in [4.69, 9.17) is 22.1 Å². The van der Waals surface area contributed by atoms with Gasteiger partial charge in [-0.05, 0) is 41.8 Å². The van der Waals surface area contributed by atoms with Crippen molar-refractivity contribution in [2.75, 3.05) is 18.6 Å². The number of fused-ring (bicyclic) bond motifs is 1. The maximum Gasteiger partial charge on any atom is 0.142 e. The number of nitrogens with zero attached hydrogens (tertiary/aromatic N) is 1. The summed E-state index contributed by atoms with van der Waals surface area (Å²) in [6.45, 7) is 3.44. The van der Waals surface area contributed by atoms with Crippen LogP contribution in [0, 0.1) is 6.92 Å². The highest BCUT2D eigenvalue weighted by Gasteiger charge is 2.32. The van der Waals surface area contributed by atoms with Crippen molar-refractivity contribution in [2.45, 2.75) is 19.5 Å². The zero-order valence-corrected chi connectivity index (χ0v) is 13.0. The Kier molecular flexibility index (Phi) is 3.79. The highest BCUT2D eigenvalue weighted by Crippen LogP contribution is 2.42. The van der Waals surface area contributed by atoms with Crippen LogP contribution in [-0.4, -0.2) is 13.7 Å². The van der Waals surface area contributed by atoms with Gasteiger partial charge in [-0.3, -0.25) is 0 Å². The summed E-state index contributed by atoms with van der Waals surface area (Å²) in [6, 6.07) is 12.3. The largest absolute Gasteiger partial charge is 0.495 e. The molecule has 0 fully saturated rings. The number of hydrogen-bond donors (Lipinski definition) is 1. The van der Waals surface area contributed by atoms with Crippen molar-refractivity contribution in [2.24, 2.45) is 5.73 Å². The quantitative estimate of drug-likeness (QED) is 0.940. The second-order valence-corrected chi connectivity index (χ2v) is 5.70. The second kappa shape index (κ2) is 5.58. The Labute approximate surface area is 130 Å². The van der Waals surface area contributed by atoms with Gasteiger partial charge in [0, 0.05) is 18.1 Å². The van der Waals surface area contributed by atoms with Gasteiger partial charge >= 0.3 is 0 Å². The number of methoxy groups -OCH3 is 1. The number of rotatable bonds is 3. The molecule has 1 unspecified atom stereocenters. The molecule has 1 heterocycles. The molecule has 1 atom stereocenters. The second-order valence-electron chi connectivity index (χ2n) is 5.29. The molecule has 110 valence electrons. The van der Waals surface area contributed by atoms with Crippen molar-refractivity contribution < 1.29 is 4.74 Å². The molecule has 21 heavy (non-hydrogen) atoms. The Morgan fingerprint density at radius 1 is 1.29 bits per heavy atom. The van der Waals surface area contributed by atoms with Crippen LogP contribution >= 0.6 is 11.6 Å². The molecule has 1 aliphatic heterocycles. The van der Waals surface area contributed by atoms with E-state index >= 15 is 0 Å². The Balaban J connectivity index is 2.08. The average molecular weight is 303 g/mol. The first-order chi connectivity index (χ1) is 10.2. The molecule has 0 radical (unpaired) electrons. The van der Waals surface area contributed by atoms with E-state index < -0.39 is 0 Å². The summed E-state index contributed by atoms with van der Waals surface area (Å²) in [6.07, 6.45) is 0. The van der Waals surface area contributed by atoms with Gasteiger partial charge in [0.05, 0.1) is 18.8 Å². The summed E-state index contributed by atoms with van der Waals surface area (Å²) in [5, 5.41) is 0.811. The van der Waals surface area contributed by atoms with Gasteiger partial charge in [0.1, 0.15) is 5.75 Å². The summed E-state index contributed by atoms with van der Waals surface area (Å²) in [7, 11) is 1.70. The molecule has 0 saturated heterocycles. The van der Waals surface area contributed by atoms with Crippen LogP contribution in [0.3, 0.4) is 0 Å². The molecule has 0 aromatic heterocycles. The molecule has 3 rings (SSSR count). The molecule has 1 aliphatic rings. The molecular formula is C17H19ClN2O. The molecule has 0 saturated carbocycles. The van der Waals surface area contributed by atoms with Crippen molar-refractivity contribution in [1.29, 1.82) is 0 Å². The van der Waals surface area contributed by atoms with Gasteiger partial charge in [-0.2, -0.15) is 0 Å². The van der Waals surface area contributed by atoms with Crippen molar-refractivity contribution >= 4 is 17.3 Å². The lowest BCUT2D eigenvalue weighted by Crippen LogP contribution is -2.28. The molecule has 0 aliphatic carbocycles. The summed E-state index contributed by atoms with van der Waals surface area (Å²) in [5.41, 5.74) is 10.8. The standard InChI is InChI=1S/C17H19ClN2O/c1-11-13-10-20(15-5-3-4-6-17(15)21-2)16(9-19)12(13)7-8-14(11)18/h3-8,16H,9-10,19H2,1-2H3. The minimum absolute atomic E-state index is 0.160. The SMILES string of the molecule is COc1ccccc1N1Cc2c(ccc(Cl)c2C)C1CN. The number of para-hydroxylation sites is 2. The van der Waals surface area contributed by atoms with E-state index in [0.717, 1.165) is 28.6 Å². The first kappa shape index (κ1) is 14.2. The molecule has 2 aromatic rings. The molecular weight excluding hydrogens is 284 g/mol. The third-order valence-electron chi connectivity index (χ3n) is 4.25. The van der Waals surface area contributed by atoms with Gasteiger partial charge in [0.25, 0.3) is 0 Å². The lowest BCUT2D eigenvalue weighted by atomic mass is 10.0. The Morgan fingerprint density at radius 3 is 2.76 bits per heavy atom. The van der Waals surface area contributed by atoms with Crippen LogP contribution in [0.2, 0.25) is 5.02 Å². The number of hydrogen-bond acceptors (Lipinski definition) is 3. The number of nitrogens with two attached hydrogens (primary N) is 1. The molecule has 2 N–H and O–H groups in total. The normalized spacial score (nSPS) is 17.0. The Hall–Kier alpha value is -1.71. The van der Waals surface area contributed by atoms with Gasteiger partial charge in [0.15, 0.2) is 0 Å². The summed E-state index contributed by atoms with van der Waals surface area (Å²) >= 11 is 6.26. The minimum atomic E-state index is 0.160. The molecule has 2 aromatic carbocycles. The van der Waals surface area contributed by atoms with E-state index in [9.17, 15) is 0 Å².